The van der Waals surface area contributed by atoms with Crippen molar-refractivity contribution in [3.8, 4) is 0 Å². The van der Waals surface area contributed by atoms with Crippen molar-refractivity contribution in [1.29, 1.82) is 0 Å². The van der Waals surface area contributed by atoms with Gasteiger partial charge >= 0.3 is 12.1 Å². The lowest BCUT2D eigenvalue weighted by atomic mass is 9.69. The van der Waals surface area contributed by atoms with Crippen molar-refractivity contribution in [2.45, 2.75) is 109 Å². The molecule has 6 heteroatoms. The summed E-state index contributed by atoms with van der Waals surface area (Å²) in [7, 11) is 0. The van der Waals surface area contributed by atoms with E-state index in [0.29, 0.717) is 17.9 Å². The van der Waals surface area contributed by atoms with Crippen molar-refractivity contribution in [2.24, 2.45) is 5.92 Å². The molecule has 2 aromatic rings. The molecule has 0 bridgehead atoms. The fourth-order valence-corrected chi connectivity index (χ4v) is 5.90. The van der Waals surface area contributed by atoms with Gasteiger partial charge in [-0.1, -0.05) is 64.8 Å². The average Bonchev–Trinajstić information content (AvgIpc) is 3.71. The number of hydrogen-bond acceptors (Lipinski definition) is 2. The van der Waals surface area contributed by atoms with Crippen LogP contribution in [0.25, 0.3) is 0 Å². The first-order chi connectivity index (χ1) is 18.3. The SMILES string of the molecule is CCC(CC)NC(=O)Nc1cccc(C(C)(C)CC2CCCC(c3ccc(NC(=O)NC4CC4)cc3)C2)c1. The molecule has 6 nitrogen and oxygen atoms in total. The summed E-state index contributed by atoms with van der Waals surface area (Å²) in [5, 5.41) is 12.0. The number of carbonyl (C=O) groups excluding carboxylic acids is 2. The van der Waals surface area contributed by atoms with Gasteiger partial charge in [0.1, 0.15) is 0 Å². The Morgan fingerprint density at radius 3 is 2.29 bits per heavy atom. The number of rotatable bonds is 10. The highest BCUT2D eigenvalue weighted by molar-refractivity contribution is 5.90. The summed E-state index contributed by atoms with van der Waals surface area (Å²) in [6, 6.07) is 17.1. The average molecular weight is 519 g/mol. The number of anilines is 2. The van der Waals surface area contributed by atoms with Crippen LogP contribution in [-0.2, 0) is 5.41 Å². The van der Waals surface area contributed by atoms with Gasteiger partial charge in [0.05, 0.1) is 0 Å². The third-order valence-electron chi connectivity index (χ3n) is 8.36. The van der Waals surface area contributed by atoms with E-state index in [1.807, 2.05) is 24.3 Å². The summed E-state index contributed by atoms with van der Waals surface area (Å²) in [6.45, 7) is 8.84. The Labute approximate surface area is 228 Å². The quantitative estimate of drug-likeness (QED) is 0.258. The summed E-state index contributed by atoms with van der Waals surface area (Å²) in [4.78, 5) is 24.5. The van der Waals surface area contributed by atoms with Gasteiger partial charge in [0.25, 0.3) is 0 Å². The van der Waals surface area contributed by atoms with Crippen LogP contribution in [0.3, 0.4) is 0 Å². The maximum atomic E-state index is 12.5. The van der Waals surface area contributed by atoms with E-state index in [9.17, 15) is 9.59 Å². The molecule has 0 spiro atoms. The molecule has 2 fully saturated rings. The molecule has 0 saturated heterocycles. The predicted molar refractivity (Wildman–Crippen MR) is 157 cm³/mol. The Balaban J connectivity index is 1.33. The number of benzene rings is 2. The molecular weight excluding hydrogens is 472 g/mol. The van der Waals surface area contributed by atoms with Gasteiger partial charge in [-0.2, -0.15) is 0 Å². The topological polar surface area (TPSA) is 82.3 Å². The highest BCUT2D eigenvalue weighted by Gasteiger charge is 2.30. The first-order valence-corrected chi connectivity index (χ1v) is 14.6. The first kappa shape index (κ1) is 28.0. The molecule has 0 aliphatic heterocycles. The molecule has 206 valence electrons. The number of nitrogens with one attached hydrogen (secondary N) is 4. The Morgan fingerprint density at radius 2 is 1.61 bits per heavy atom. The third kappa shape index (κ3) is 7.99. The highest BCUT2D eigenvalue weighted by atomic mass is 16.2. The molecule has 4 amide bonds. The monoisotopic (exact) mass is 518 g/mol. The van der Waals surface area contributed by atoms with Gasteiger partial charge in [-0.3, -0.25) is 0 Å². The smallest absolute Gasteiger partial charge is 0.319 e. The highest BCUT2D eigenvalue weighted by Crippen LogP contribution is 2.42. The van der Waals surface area contributed by atoms with Gasteiger partial charge in [-0.05, 0) is 97.6 Å². The Kier molecular flexibility index (Phi) is 9.35. The van der Waals surface area contributed by atoms with E-state index in [2.05, 4.69) is 73.2 Å². The minimum atomic E-state index is -0.131. The third-order valence-corrected chi connectivity index (χ3v) is 8.36. The normalized spacial score (nSPS) is 19.6. The zero-order valence-electron chi connectivity index (χ0n) is 23.6. The van der Waals surface area contributed by atoms with Crippen molar-refractivity contribution in [2.75, 3.05) is 10.6 Å². The Hall–Kier alpha value is -3.02. The lowest BCUT2D eigenvalue weighted by molar-refractivity contribution is 0.247. The van der Waals surface area contributed by atoms with E-state index in [0.717, 1.165) is 43.5 Å². The zero-order chi connectivity index (χ0) is 27.1. The lowest BCUT2D eigenvalue weighted by Crippen LogP contribution is -2.37. The van der Waals surface area contributed by atoms with E-state index in [1.54, 1.807) is 0 Å². The second-order valence-corrected chi connectivity index (χ2v) is 12.0. The van der Waals surface area contributed by atoms with E-state index >= 15 is 0 Å². The Bertz CT molecular complexity index is 1070. The molecule has 4 rings (SSSR count). The number of urea groups is 2. The van der Waals surface area contributed by atoms with Crippen molar-refractivity contribution in [3.63, 3.8) is 0 Å². The van der Waals surface area contributed by atoms with E-state index < -0.39 is 0 Å². The second kappa shape index (κ2) is 12.7. The van der Waals surface area contributed by atoms with Gasteiger partial charge in [-0.25, -0.2) is 9.59 Å². The first-order valence-electron chi connectivity index (χ1n) is 14.6. The molecule has 2 aliphatic carbocycles. The molecule has 0 heterocycles. The molecule has 2 unspecified atom stereocenters. The maximum absolute atomic E-state index is 12.5. The van der Waals surface area contributed by atoms with Crippen LogP contribution in [0.2, 0.25) is 0 Å². The molecule has 2 atom stereocenters. The predicted octanol–water partition coefficient (Wildman–Crippen LogP) is 7.92. The standard InChI is InChI=1S/C32H46N4O2/c1-5-26(6-2)33-30(37)36-29-12-8-11-25(20-29)32(3,4)21-22-9-7-10-24(19-22)23-13-15-27(16-14-23)34-31(38)35-28-17-18-28/h8,11-16,20,22,24,26,28H,5-7,9-10,17-19,21H2,1-4H3,(H2,33,36,37)(H2,34,35,38). The van der Waals surface area contributed by atoms with E-state index in [-0.39, 0.29) is 23.5 Å². The molecule has 38 heavy (non-hydrogen) atoms. The minimum Gasteiger partial charge on any atom is -0.335 e. The molecule has 4 N–H and O–H groups in total. The van der Waals surface area contributed by atoms with Crippen molar-refractivity contribution in [3.05, 3.63) is 59.7 Å². The largest absolute Gasteiger partial charge is 0.335 e. The van der Waals surface area contributed by atoms with Crippen LogP contribution in [0, 0.1) is 5.92 Å². The van der Waals surface area contributed by atoms with Crippen LogP contribution in [0.15, 0.2) is 48.5 Å². The summed E-state index contributed by atoms with van der Waals surface area (Å²) in [5.74, 6) is 1.21. The van der Waals surface area contributed by atoms with Crippen LogP contribution in [0.4, 0.5) is 21.0 Å². The lowest BCUT2D eigenvalue weighted by Gasteiger charge is -2.36. The molecule has 2 aliphatic rings. The summed E-state index contributed by atoms with van der Waals surface area (Å²) in [5.41, 5.74) is 4.34. The van der Waals surface area contributed by atoms with Crippen molar-refractivity contribution in [1.82, 2.24) is 10.6 Å². The van der Waals surface area contributed by atoms with Crippen molar-refractivity contribution >= 4 is 23.4 Å². The molecular formula is C32H46N4O2. The second-order valence-electron chi connectivity index (χ2n) is 12.0. The van der Waals surface area contributed by atoms with Crippen molar-refractivity contribution < 1.29 is 9.59 Å². The maximum Gasteiger partial charge on any atom is 0.319 e. The van der Waals surface area contributed by atoms with Gasteiger partial charge in [-0.15, -0.1) is 0 Å². The van der Waals surface area contributed by atoms with Gasteiger partial charge in [0, 0.05) is 23.5 Å². The molecule has 0 aromatic heterocycles. The van der Waals surface area contributed by atoms with Gasteiger partial charge < -0.3 is 21.3 Å². The number of amides is 4. The number of hydrogen-bond donors (Lipinski definition) is 4. The minimum absolute atomic E-state index is 0.0127. The van der Waals surface area contributed by atoms with Crippen LogP contribution in [-0.4, -0.2) is 24.1 Å². The van der Waals surface area contributed by atoms with E-state index in [1.165, 1.54) is 36.8 Å². The van der Waals surface area contributed by atoms with Crippen LogP contribution in [0.5, 0.6) is 0 Å². The van der Waals surface area contributed by atoms with Crippen LogP contribution < -0.4 is 21.3 Å². The summed E-state index contributed by atoms with van der Waals surface area (Å²) in [6.07, 6.45) is 10.1. The van der Waals surface area contributed by atoms with Gasteiger partial charge in [0.2, 0.25) is 0 Å². The van der Waals surface area contributed by atoms with Crippen LogP contribution in [0.1, 0.15) is 103 Å². The summed E-state index contributed by atoms with van der Waals surface area (Å²) >= 11 is 0. The Morgan fingerprint density at radius 1 is 0.895 bits per heavy atom. The fraction of sp³-hybridized carbons (Fsp3) is 0.562. The van der Waals surface area contributed by atoms with Crippen LogP contribution >= 0.6 is 0 Å². The van der Waals surface area contributed by atoms with E-state index in [4.69, 9.17) is 0 Å². The zero-order valence-corrected chi connectivity index (χ0v) is 23.6. The molecule has 2 saturated carbocycles. The molecule has 2 aromatic carbocycles. The fourth-order valence-electron chi connectivity index (χ4n) is 5.90. The van der Waals surface area contributed by atoms with Gasteiger partial charge in [0.15, 0.2) is 0 Å². The number of carbonyl (C=O) groups is 2. The molecule has 0 radical (unpaired) electrons. The summed E-state index contributed by atoms with van der Waals surface area (Å²) < 4.78 is 0.